The first kappa shape index (κ1) is 23.6. The smallest absolute Gasteiger partial charge is 0.0105 e. The number of hydrogen-bond acceptors (Lipinski definition) is 0. The van der Waals surface area contributed by atoms with Crippen LogP contribution >= 0.6 is 0 Å². The van der Waals surface area contributed by atoms with Gasteiger partial charge in [-0.25, -0.2) is 0 Å². The van der Waals surface area contributed by atoms with Gasteiger partial charge in [0.05, 0.1) is 0 Å². The van der Waals surface area contributed by atoms with E-state index in [1.54, 1.807) is 0 Å². The third-order valence-electron chi connectivity index (χ3n) is 7.20. The Morgan fingerprint density at radius 3 is 1.58 bits per heavy atom. The predicted molar refractivity (Wildman–Crippen MR) is 158 cm³/mol. The maximum Gasteiger partial charge on any atom is -0.0105 e. The van der Waals surface area contributed by atoms with E-state index < -0.39 is 0 Å². The summed E-state index contributed by atoms with van der Waals surface area (Å²) in [5, 5.41) is 5.22. The molecule has 0 bridgehead atoms. The van der Waals surface area contributed by atoms with Gasteiger partial charge >= 0.3 is 0 Å². The normalized spacial score (nSPS) is 10.8. The molecular weight excluding hydrogens is 432 g/mol. The minimum Gasteiger partial charge on any atom is -0.0616 e. The van der Waals surface area contributed by atoms with E-state index in [-0.39, 0.29) is 0 Å². The van der Waals surface area contributed by atoms with Crippen molar-refractivity contribution in [3.05, 3.63) is 144 Å². The van der Waals surface area contributed by atoms with Crippen LogP contribution in [-0.4, -0.2) is 0 Å². The molecule has 6 aromatic carbocycles. The first-order chi connectivity index (χ1) is 17.5. The molecule has 36 heavy (non-hydrogen) atoms. The lowest BCUT2D eigenvalue weighted by molar-refractivity contribution is 1.34. The molecule has 0 aromatic heterocycles. The van der Waals surface area contributed by atoms with Crippen LogP contribution in [-0.2, 0) is 0 Å². The summed E-state index contributed by atoms with van der Waals surface area (Å²) >= 11 is 0. The van der Waals surface area contributed by atoms with Gasteiger partial charge in [-0.1, -0.05) is 115 Å². The molecule has 6 rings (SSSR count). The highest BCUT2D eigenvalue weighted by Gasteiger charge is 2.04. The highest BCUT2D eigenvalue weighted by Crippen LogP contribution is 2.30. The number of aryl methyl sites for hydroxylation is 4. The van der Waals surface area contributed by atoms with Gasteiger partial charge in [-0.2, -0.15) is 0 Å². The summed E-state index contributed by atoms with van der Waals surface area (Å²) in [5.41, 5.74) is 10.6. The molecule has 0 amide bonds. The molecule has 0 aliphatic carbocycles. The fourth-order valence-electron chi connectivity index (χ4n) is 4.68. The quantitative estimate of drug-likeness (QED) is 0.239. The molecule has 0 aliphatic heterocycles. The Labute approximate surface area is 214 Å². The molecule has 0 saturated heterocycles. The van der Waals surface area contributed by atoms with Crippen LogP contribution in [0.2, 0.25) is 0 Å². The van der Waals surface area contributed by atoms with E-state index in [1.165, 1.54) is 66.1 Å². The molecule has 0 heterocycles. The van der Waals surface area contributed by atoms with Crippen molar-refractivity contribution in [2.24, 2.45) is 0 Å². The lowest BCUT2D eigenvalue weighted by Gasteiger charge is -2.09. The first-order valence-electron chi connectivity index (χ1n) is 12.6. The highest BCUT2D eigenvalue weighted by molar-refractivity contribution is 5.96. The summed E-state index contributed by atoms with van der Waals surface area (Å²) in [6, 6.07) is 43.5. The lowest BCUT2D eigenvalue weighted by atomic mass is 9.96. The second kappa shape index (κ2) is 10.2. The van der Waals surface area contributed by atoms with Gasteiger partial charge in [0.25, 0.3) is 0 Å². The molecule has 0 fully saturated rings. The SMILES string of the molecule is Cc1ccc(-c2ccc3ccccc3c2)cc1C.Cc1ccc(-c2cccc3ccccc23)cc1C. The third kappa shape index (κ3) is 4.95. The molecule has 176 valence electrons. The maximum absolute atomic E-state index is 2.27. The highest BCUT2D eigenvalue weighted by atomic mass is 14.1. The number of hydrogen-bond donors (Lipinski definition) is 0. The average Bonchev–Trinajstić information content (AvgIpc) is 2.91. The Morgan fingerprint density at radius 2 is 0.861 bits per heavy atom. The molecule has 0 unspecified atom stereocenters. The van der Waals surface area contributed by atoms with Crippen molar-refractivity contribution in [1.29, 1.82) is 0 Å². The number of rotatable bonds is 2. The van der Waals surface area contributed by atoms with Gasteiger partial charge in [0, 0.05) is 0 Å². The first-order valence-corrected chi connectivity index (χ1v) is 12.6. The van der Waals surface area contributed by atoms with Gasteiger partial charge in [0.2, 0.25) is 0 Å². The van der Waals surface area contributed by atoms with Crippen molar-refractivity contribution in [3.63, 3.8) is 0 Å². The van der Waals surface area contributed by atoms with Gasteiger partial charge in [-0.3, -0.25) is 0 Å². The van der Waals surface area contributed by atoms with Gasteiger partial charge in [0.15, 0.2) is 0 Å². The van der Waals surface area contributed by atoms with E-state index in [0.717, 1.165) is 0 Å². The molecule has 0 N–H and O–H groups in total. The van der Waals surface area contributed by atoms with Crippen LogP contribution in [0, 0.1) is 27.7 Å². The second-order valence-corrected chi connectivity index (χ2v) is 9.69. The van der Waals surface area contributed by atoms with Crippen LogP contribution in [0.3, 0.4) is 0 Å². The van der Waals surface area contributed by atoms with E-state index in [2.05, 4.69) is 149 Å². The molecule has 0 radical (unpaired) electrons. The average molecular weight is 465 g/mol. The molecular formula is C36H32. The second-order valence-electron chi connectivity index (χ2n) is 9.69. The minimum absolute atomic E-state index is 1.29. The van der Waals surface area contributed by atoms with Crippen molar-refractivity contribution < 1.29 is 0 Å². The van der Waals surface area contributed by atoms with Crippen molar-refractivity contribution in [3.8, 4) is 22.3 Å². The Kier molecular flexibility index (Phi) is 6.69. The lowest BCUT2D eigenvalue weighted by Crippen LogP contribution is -1.85. The standard InChI is InChI=1S/2C18H16/c1-13-10-11-16(12-14(13)2)18-9-5-7-15-6-3-4-8-17(15)18;1-13-7-8-17(11-14(13)2)18-10-9-15-5-3-4-6-16(15)12-18/h2*3-12H,1-2H3. The van der Waals surface area contributed by atoms with Crippen LogP contribution in [0.5, 0.6) is 0 Å². The molecule has 0 heteroatoms. The summed E-state index contributed by atoms with van der Waals surface area (Å²) in [6.45, 7) is 8.64. The van der Waals surface area contributed by atoms with E-state index in [1.807, 2.05) is 0 Å². The fourth-order valence-corrected chi connectivity index (χ4v) is 4.68. The summed E-state index contributed by atoms with van der Waals surface area (Å²) in [6.07, 6.45) is 0. The third-order valence-corrected chi connectivity index (χ3v) is 7.20. The van der Waals surface area contributed by atoms with Crippen molar-refractivity contribution in [2.75, 3.05) is 0 Å². The summed E-state index contributed by atoms with van der Waals surface area (Å²) in [5.74, 6) is 0. The zero-order valence-electron chi connectivity index (χ0n) is 21.5. The van der Waals surface area contributed by atoms with Gasteiger partial charge < -0.3 is 0 Å². The van der Waals surface area contributed by atoms with E-state index >= 15 is 0 Å². The molecule has 0 spiro atoms. The van der Waals surface area contributed by atoms with Crippen LogP contribution in [0.1, 0.15) is 22.3 Å². The van der Waals surface area contributed by atoms with E-state index in [4.69, 9.17) is 0 Å². The van der Waals surface area contributed by atoms with Crippen LogP contribution in [0.25, 0.3) is 43.8 Å². The van der Waals surface area contributed by atoms with Crippen LogP contribution in [0.4, 0.5) is 0 Å². The van der Waals surface area contributed by atoms with E-state index in [9.17, 15) is 0 Å². The van der Waals surface area contributed by atoms with Crippen molar-refractivity contribution >= 4 is 21.5 Å². The molecule has 6 aromatic rings. The zero-order chi connectivity index (χ0) is 25.1. The van der Waals surface area contributed by atoms with Gasteiger partial charge in [0.1, 0.15) is 0 Å². The van der Waals surface area contributed by atoms with E-state index in [0.29, 0.717) is 0 Å². The molecule has 0 nitrogen and oxygen atoms in total. The topological polar surface area (TPSA) is 0 Å². The molecule has 0 atom stereocenters. The summed E-state index contributed by atoms with van der Waals surface area (Å²) < 4.78 is 0. The maximum atomic E-state index is 2.27. The molecule has 0 aliphatic rings. The zero-order valence-corrected chi connectivity index (χ0v) is 21.5. The Morgan fingerprint density at radius 1 is 0.333 bits per heavy atom. The monoisotopic (exact) mass is 464 g/mol. The number of fused-ring (bicyclic) bond motifs is 2. The molecule has 0 saturated carbocycles. The number of benzene rings is 6. The van der Waals surface area contributed by atoms with Crippen molar-refractivity contribution in [1.82, 2.24) is 0 Å². The summed E-state index contributed by atoms with van der Waals surface area (Å²) in [4.78, 5) is 0. The Hall–Kier alpha value is -4.16. The Balaban J connectivity index is 0.000000148. The van der Waals surface area contributed by atoms with Gasteiger partial charge in [-0.15, -0.1) is 0 Å². The largest absolute Gasteiger partial charge is 0.0616 e. The summed E-state index contributed by atoms with van der Waals surface area (Å²) in [7, 11) is 0. The van der Waals surface area contributed by atoms with Crippen molar-refractivity contribution in [2.45, 2.75) is 27.7 Å². The van der Waals surface area contributed by atoms with Crippen LogP contribution < -0.4 is 0 Å². The van der Waals surface area contributed by atoms with Gasteiger partial charge in [-0.05, 0) is 99.8 Å². The minimum atomic E-state index is 1.29. The Bertz CT molecular complexity index is 1660. The predicted octanol–water partition coefficient (Wildman–Crippen LogP) is 10.2. The van der Waals surface area contributed by atoms with Crippen LogP contribution in [0.15, 0.2) is 121 Å². The fraction of sp³-hybridized carbons (Fsp3) is 0.111.